The number of para-hydroxylation sites is 2. The number of aromatic hydroxyl groups is 1. The molecule has 6 rings (SSSR count). The van der Waals surface area contributed by atoms with Gasteiger partial charge in [0.1, 0.15) is 5.75 Å². The van der Waals surface area contributed by atoms with Gasteiger partial charge in [0.05, 0.1) is 18.1 Å². The van der Waals surface area contributed by atoms with Gasteiger partial charge in [-0.15, -0.1) is 0 Å². The third-order valence-electron chi connectivity index (χ3n) is 7.33. The lowest BCUT2D eigenvalue weighted by Crippen LogP contribution is -2.52. The highest BCUT2D eigenvalue weighted by Crippen LogP contribution is 2.35. The number of urea groups is 1. The summed E-state index contributed by atoms with van der Waals surface area (Å²) >= 11 is 0. The van der Waals surface area contributed by atoms with Gasteiger partial charge in [0.15, 0.2) is 0 Å². The van der Waals surface area contributed by atoms with Crippen molar-refractivity contribution in [1.82, 2.24) is 19.8 Å². The number of piperazine rings is 1. The standard InChI is InChI=1S/C32H29N5O3/c38-30-9-5-4-8-26(30)22-10-11-23(27(18-22)28-19-24-12-13-33-21-29(24)35-28)20-31(39)36-14-16-37(17-15-36)32(40)34-25-6-2-1-3-7-25/h1-13,18-19,21,35,38H,14-17,20H2,(H,34,40). The van der Waals surface area contributed by atoms with Crippen LogP contribution in [0, 0.1) is 0 Å². The lowest BCUT2D eigenvalue weighted by Gasteiger charge is -2.35. The third-order valence-corrected chi connectivity index (χ3v) is 7.33. The number of pyridine rings is 1. The van der Waals surface area contributed by atoms with Crippen LogP contribution >= 0.6 is 0 Å². The Bertz CT molecular complexity index is 1640. The fourth-order valence-corrected chi connectivity index (χ4v) is 5.14. The van der Waals surface area contributed by atoms with Crippen LogP contribution in [0.5, 0.6) is 5.75 Å². The summed E-state index contributed by atoms with van der Waals surface area (Å²) in [5, 5.41) is 14.4. The first kappa shape index (κ1) is 25.2. The zero-order chi connectivity index (χ0) is 27.5. The Morgan fingerprint density at radius 2 is 1.60 bits per heavy atom. The van der Waals surface area contributed by atoms with Crippen LogP contribution in [0.15, 0.2) is 97.3 Å². The SMILES string of the molecule is O=C(Cc1ccc(-c2ccccc2O)cc1-c1cc2ccncc2[nH]1)N1CCN(C(=O)Nc2ccccc2)CC1. The Hall–Kier alpha value is -5.11. The van der Waals surface area contributed by atoms with Crippen molar-refractivity contribution < 1.29 is 14.7 Å². The average molecular weight is 532 g/mol. The molecule has 2 aromatic heterocycles. The molecule has 3 N–H and O–H groups in total. The van der Waals surface area contributed by atoms with Crippen LogP contribution in [0.1, 0.15) is 5.56 Å². The van der Waals surface area contributed by atoms with Crippen LogP contribution in [-0.2, 0) is 11.2 Å². The van der Waals surface area contributed by atoms with Gasteiger partial charge in [-0.2, -0.15) is 0 Å². The quantitative estimate of drug-likeness (QED) is 0.278. The van der Waals surface area contributed by atoms with Crippen molar-refractivity contribution in [1.29, 1.82) is 0 Å². The van der Waals surface area contributed by atoms with Crippen molar-refractivity contribution >= 4 is 28.5 Å². The van der Waals surface area contributed by atoms with Gasteiger partial charge in [0, 0.05) is 60.3 Å². The van der Waals surface area contributed by atoms with E-state index in [0.29, 0.717) is 26.2 Å². The van der Waals surface area contributed by atoms with Gasteiger partial charge in [0.2, 0.25) is 5.91 Å². The van der Waals surface area contributed by atoms with Crippen LogP contribution < -0.4 is 5.32 Å². The molecule has 1 fully saturated rings. The Morgan fingerprint density at radius 1 is 0.850 bits per heavy atom. The molecule has 8 nitrogen and oxygen atoms in total. The number of phenolic OH excluding ortho intramolecular Hbond substituents is 1. The van der Waals surface area contributed by atoms with Crippen LogP contribution in [0.2, 0.25) is 0 Å². The molecule has 0 atom stereocenters. The first-order valence-electron chi connectivity index (χ1n) is 13.3. The summed E-state index contributed by atoms with van der Waals surface area (Å²) in [6.07, 6.45) is 3.76. The molecule has 0 radical (unpaired) electrons. The molecule has 1 saturated heterocycles. The summed E-state index contributed by atoms with van der Waals surface area (Å²) < 4.78 is 0. The van der Waals surface area contributed by atoms with E-state index in [1.165, 1.54) is 0 Å². The number of hydrogen-bond acceptors (Lipinski definition) is 4. The normalized spacial score (nSPS) is 13.4. The number of rotatable bonds is 5. The molecule has 0 unspecified atom stereocenters. The number of aromatic amines is 1. The van der Waals surface area contributed by atoms with E-state index >= 15 is 0 Å². The number of anilines is 1. The van der Waals surface area contributed by atoms with Gasteiger partial charge < -0.3 is 25.2 Å². The number of amides is 3. The van der Waals surface area contributed by atoms with Crippen molar-refractivity contribution in [3.05, 3.63) is 103 Å². The second-order valence-corrected chi connectivity index (χ2v) is 9.88. The van der Waals surface area contributed by atoms with E-state index in [9.17, 15) is 14.7 Å². The lowest BCUT2D eigenvalue weighted by atomic mass is 9.95. The Morgan fingerprint density at radius 3 is 2.38 bits per heavy atom. The number of nitrogens with one attached hydrogen (secondary N) is 2. The summed E-state index contributed by atoms with van der Waals surface area (Å²) in [7, 11) is 0. The van der Waals surface area contributed by atoms with Gasteiger partial charge in [0.25, 0.3) is 0 Å². The maximum absolute atomic E-state index is 13.4. The van der Waals surface area contributed by atoms with Crippen LogP contribution in [0.4, 0.5) is 10.5 Å². The smallest absolute Gasteiger partial charge is 0.321 e. The zero-order valence-electron chi connectivity index (χ0n) is 21.9. The molecule has 8 heteroatoms. The molecule has 200 valence electrons. The number of benzene rings is 3. The molecule has 3 amide bonds. The third kappa shape index (κ3) is 5.24. The molecule has 5 aromatic rings. The molecule has 0 aliphatic carbocycles. The minimum absolute atomic E-state index is 0.0115. The highest BCUT2D eigenvalue weighted by molar-refractivity contribution is 5.91. The maximum Gasteiger partial charge on any atom is 0.321 e. The minimum Gasteiger partial charge on any atom is -0.507 e. The second-order valence-electron chi connectivity index (χ2n) is 9.88. The maximum atomic E-state index is 13.4. The van der Waals surface area contributed by atoms with E-state index in [1.807, 2.05) is 71.6 Å². The van der Waals surface area contributed by atoms with Crippen molar-refractivity contribution in [3.63, 3.8) is 0 Å². The summed E-state index contributed by atoms with van der Waals surface area (Å²) in [6.45, 7) is 1.89. The first-order chi connectivity index (χ1) is 19.5. The monoisotopic (exact) mass is 531 g/mol. The van der Waals surface area contributed by atoms with Gasteiger partial charge in [-0.05, 0) is 47.5 Å². The Balaban J connectivity index is 1.21. The Kier molecular flexibility index (Phi) is 6.89. The first-order valence-corrected chi connectivity index (χ1v) is 13.3. The van der Waals surface area contributed by atoms with E-state index in [4.69, 9.17) is 0 Å². The topological polar surface area (TPSA) is 102 Å². The number of carbonyl (C=O) groups is 2. The molecule has 0 bridgehead atoms. The van der Waals surface area contributed by atoms with Crippen LogP contribution in [0.25, 0.3) is 33.3 Å². The molecule has 0 saturated carbocycles. The van der Waals surface area contributed by atoms with E-state index in [1.54, 1.807) is 29.4 Å². The number of phenols is 1. The number of aromatic nitrogens is 2. The van der Waals surface area contributed by atoms with Crippen LogP contribution in [0.3, 0.4) is 0 Å². The number of H-pyrrole nitrogens is 1. The second kappa shape index (κ2) is 10.9. The largest absolute Gasteiger partial charge is 0.507 e. The summed E-state index contributed by atoms with van der Waals surface area (Å²) in [4.78, 5) is 37.3. The fraction of sp³-hybridized carbons (Fsp3) is 0.156. The highest BCUT2D eigenvalue weighted by Gasteiger charge is 2.25. The Labute approximate surface area is 231 Å². The van der Waals surface area contributed by atoms with Gasteiger partial charge in [-0.25, -0.2) is 4.79 Å². The van der Waals surface area contributed by atoms with Crippen molar-refractivity contribution in [2.45, 2.75) is 6.42 Å². The number of nitrogens with zero attached hydrogens (tertiary/aromatic N) is 3. The van der Waals surface area contributed by atoms with Gasteiger partial charge >= 0.3 is 6.03 Å². The van der Waals surface area contributed by atoms with Gasteiger partial charge in [-0.1, -0.05) is 48.5 Å². The van der Waals surface area contributed by atoms with Crippen molar-refractivity contribution in [3.8, 4) is 28.1 Å². The predicted octanol–water partition coefficient (Wildman–Crippen LogP) is 5.52. The van der Waals surface area contributed by atoms with E-state index in [2.05, 4.69) is 21.4 Å². The number of hydrogen-bond donors (Lipinski definition) is 3. The molecule has 40 heavy (non-hydrogen) atoms. The van der Waals surface area contributed by atoms with E-state index < -0.39 is 0 Å². The van der Waals surface area contributed by atoms with Crippen molar-refractivity contribution in [2.75, 3.05) is 31.5 Å². The predicted molar refractivity (Wildman–Crippen MR) is 156 cm³/mol. The van der Waals surface area contributed by atoms with Crippen molar-refractivity contribution in [2.24, 2.45) is 0 Å². The highest BCUT2D eigenvalue weighted by atomic mass is 16.3. The number of carbonyl (C=O) groups excluding carboxylic acids is 2. The van der Waals surface area contributed by atoms with E-state index in [0.717, 1.165) is 44.5 Å². The minimum atomic E-state index is -0.159. The summed E-state index contributed by atoms with van der Waals surface area (Å²) in [5.41, 5.74) is 5.90. The molecule has 0 spiro atoms. The molecule has 1 aliphatic heterocycles. The average Bonchev–Trinajstić information content (AvgIpc) is 3.42. The molecular weight excluding hydrogens is 502 g/mol. The zero-order valence-corrected chi connectivity index (χ0v) is 21.9. The van der Waals surface area contributed by atoms with Crippen LogP contribution in [-0.4, -0.2) is 63.0 Å². The molecule has 3 heterocycles. The van der Waals surface area contributed by atoms with Gasteiger partial charge in [-0.3, -0.25) is 9.78 Å². The fourth-order valence-electron chi connectivity index (χ4n) is 5.14. The van der Waals surface area contributed by atoms with E-state index in [-0.39, 0.29) is 24.1 Å². The summed E-state index contributed by atoms with van der Waals surface area (Å²) in [5.74, 6) is 0.213. The number of fused-ring (bicyclic) bond motifs is 1. The molecule has 1 aliphatic rings. The lowest BCUT2D eigenvalue weighted by molar-refractivity contribution is -0.131. The molecular formula is C32H29N5O3. The molecule has 3 aromatic carbocycles. The summed E-state index contributed by atoms with van der Waals surface area (Å²) in [6, 6.07) is 26.3.